The molecule has 0 aliphatic heterocycles. The van der Waals surface area contributed by atoms with Gasteiger partial charge in [-0.25, -0.2) is 0 Å². The molecule has 2 amide bonds. The van der Waals surface area contributed by atoms with Crippen molar-refractivity contribution in [2.75, 3.05) is 0 Å². The van der Waals surface area contributed by atoms with E-state index in [4.69, 9.17) is 5.73 Å². The molecule has 1 atom stereocenters. The number of carbonyl (C=O) groups is 3. The first kappa shape index (κ1) is 20.0. The lowest BCUT2D eigenvalue weighted by Gasteiger charge is -2.16. The predicted octanol–water partition coefficient (Wildman–Crippen LogP) is 1.97. The average Bonchev–Trinajstić information content (AvgIpc) is 3.19. The number of nitrogens with zero attached hydrogens (tertiary/aromatic N) is 2. The van der Waals surface area contributed by atoms with Gasteiger partial charge in [-0.2, -0.15) is 5.10 Å². The van der Waals surface area contributed by atoms with E-state index in [9.17, 15) is 14.4 Å². The Hall–Kier alpha value is -3.74. The van der Waals surface area contributed by atoms with Crippen molar-refractivity contribution >= 4 is 17.6 Å². The number of rotatable bonds is 8. The molecular formula is C22H22N4O3. The number of nitrogens with one attached hydrogen (secondary N) is 1. The van der Waals surface area contributed by atoms with Gasteiger partial charge < -0.3 is 11.1 Å². The minimum atomic E-state index is -1.08. The van der Waals surface area contributed by atoms with Crippen LogP contribution in [0.5, 0.6) is 0 Å². The van der Waals surface area contributed by atoms with Gasteiger partial charge in [0, 0.05) is 24.7 Å². The third-order valence-corrected chi connectivity index (χ3v) is 4.52. The zero-order valence-corrected chi connectivity index (χ0v) is 16.0. The molecule has 0 aliphatic rings. The lowest BCUT2D eigenvalue weighted by molar-refractivity contribution is -0.137. The lowest BCUT2D eigenvalue weighted by atomic mass is 10.0. The smallest absolute Gasteiger partial charge is 0.287 e. The van der Waals surface area contributed by atoms with Gasteiger partial charge in [0.2, 0.25) is 5.78 Å². The molecule has 0 unspecified atom stereocenters. The summed E-state index contributed by atoms with van der Waals surface area (Å²) in [5.41, 5.74) is 7.62. The Morgan fingerprint density at radius 1 is 1.03 bits per heavy atom. The summed E-state index contributed by atoms with van der Waals surface area (Å²) in [6, 6.07) is 17.4. The van der Waals surface area contributed by atoms with Crippen LogP contribution in [0.15, 0.2) is 66.9 Å². The molecule has 0 aliphatic carbocycles. The number of primary amides is 1. The van der Waals surface area contributed by atoms with Crippen LogP contribution in [0.25, 0.3) is 11.3 Å². The predicted molar refractivity (Wildman–Crippen MR) is 109 cm³/mol. The number of carbonyl (C=O) groups excluding carboxylic acids is 3. The number of nitrogens with two attached hydrogens (primary N) is 1. The van der Waals surface area contributed by atoms with Gasteiger partial charge in [0.05, 0.1) is 5.56 Å². The maximum absolute atomic E-state index is 13.0. The van der Waals surface area contributed by atoms with Gasteiger partial charge in [-0.3, -0.25) is 19.1 Å². The maximum atomic E-state index is 13.0. The van der Waals surface area contributed by atoms with E-state index < -0.39 is 23.6 Å². The molecule has 2 aromatic carbocycles. The summed E-state index contributed by atoms with van der Waals surface area (Å²) in [6.45, 7) is 2.50. The van der Waals surface area contributed by atoms with E-state index in [1.54, 1.807) is 10.9 Å². The van der Waals surface area contributed by atoms with Gasteiger partial charge in [0.25, 0.3) is 11.8 Å². The Kier molecular flexibility index (Phi) is 6.19. The zero-order valence-electron chi connectivity index (χ0n) is 16.0. The molecule has 0 saturated heterocycles. The summed E-state index contributed by atoms with van der Waals surface area (Å²) in [6.07, 6.45) is 1.79. The van der Waals surface area contributed by atoms with Gasteiger partial charge in [0.1, 0.15) is 11.7 Å². The van der Waals surface area contributed by atoms with Crippen LogP contribution in [-0.2, 0) is 22.6 Å². The number of hydrogen-bond donors (Lipinski definition) is 2. The molecule has 0 spiro atoms. The first-order valence-electron chi connectivity index (χ1n) is 9.31. The van der Waals surface area contributed by atoms with Crippen molar-refractivity contribution in [3.8, 4) is 11.3 Å². The fourth-order valence-electron chi connectivity index (χ4n) is 3.03. The molecule has 1 aromatic heterocycles. The molecule has 0 radical (unpaired) electrons. The van der Waals surface area contributed by atoms with Crippen LogP contribution in [0.4, 0.5) is 0 Å². The summed E-state index contributed by atoms with van der Waals surface area (Å²) < 4.78 is 1.65. The molecule has 1 heterocycles. The van der Waals surface area contributed by atoms with E-state index in [2.05, 4.69) is 10.4 Å². The number of hydrogen-bond acceptors (Lipinski definition) is 4. The van der Waals surface area contributed by atoms with E-state index in [0.717, 1.165) is 11.1 Å². The number of Topliss-reactive ketones (excluding diaryl/α,β-unsaturated/α-hetero) is 1. The van der Waals surface area contributed by atoms with Crippen LogP contribution in [0.3, 0.4) is 0 Å². The van der Waals surface area contributed by atoms with Crippen LogP contribution in [0.1, 0.15) is 22.8 Å². The quantitative estimate of drug-likeness (QED) is 0.573. The molecule has 7 heteroatoms. The summed E-state index contributed by atoms with van der Waals surface area (Å²) >= 11 is 0. The normalized spacial score (nSPS) is 11.6. The Morgan fingerprint density at radius 3 is 2.24 bits per heavy atom. The highest BCUT2D eigenvalue weighted by Gasteiger charge is 2.27. The van der Waals surface area contributed by atoms with Crippen LogP contribution < -0.4 is 11.1 Å². The second kappa shape index (κ2) is 8.97. The second-order valence-corrected chi connectivity index (χ2v) is 6.56. The Labute approximate surface area is 168 Å². The maximum Gasteiger partial charge on any atom is 0.287 e. The van der Waals surface area contributed by atoms with Crippen LogP contribution in [-0.4, -0.2) is 33.4 Å². The average molecular weight is 390 g/mol. The van der Waals surface area contributed by atoms with Gasteiger partial charge in [0.15, 0.2) is 0 Å². The highest BCUT2D eigenvalue weighted by molar-refractivity contribution is 6.38. The van der Waals surface area contributed by atoms with Crippen molar-refractivity contribution in [1.29, 1.82) is 0 Å². The van der Waals surface area contributed by atoms with Gasteiger partial charge in [-0.15, -0.1) is 0 Å². The molecule has 0 fully saturated rings. The van der Waals surface area contributed by atoms with E-state index in [1.807, 2.05) is 67.6 Å². The minimum absolute atomic E-state index is 0.164. The number of aromatic nitrogens is 2. The molecule has 148 valence electrons. The van der Waals surface area contributed by atoms with Gasteiger partial charge >= 0.3 is 0 Å². The van der Waals surface area contributed by atoms with Crippen molar-refractivity contribution in [2.45, 2.75) is 25.9 Å². The molecule has 29 heavy (non-hydrogen) atoms. The monoisotopic (exact) mass is 390 g/mol. The fraction of sp³-hybridized carbons (Fsp3) is 0.182. The molecule has 3 N–H and O–H groups in total. The Bertz CT molecular complexity index is 1010. The third-order valence-electron chi connectivity index (χ3n) is 4.52. The van der Waals surface area contributed by atoms with E-state index in [-0.39, 0.29) is 6.42 Å². The van der Waals surface area contributed by atoms with Crippen molar-refractivity contribution in [3.63, 3.8) is 0 Å². The van der Waals surface area contributed by atoms with E-state index >= 15 is 0 Å². The fourth-order valence-corrected chi connectivity index (χ4v) is 3.03. The zero-order chi connectivity index (χ0) is 20.8. The van der Waals surface area contributed by atoms with Crippen molar-refractivity contribution in [2.24, 2.45) is 5.73 Å². The largest absolute Gasteiger partial charge is 0.363 e. The summed E-state index contributed by atoms with van der Waals surface area (Å²) in [5.74, 6) is -2.41. The number of aryl methyl sites for hydroxylation is 1. The van der Waals surface area contributed by atoms with E-state index in [0.29, 0.717) is 17.8 Å². The minimum Gasteiger partial charge on any atom is -0.363 e. The molecule has 0 saturated carbocycles. The van der Waals surface area contributed by atoms with E-state index in [1.165, 1.54) is 0 Å². The standard InChI is InChI=1S/C22H22N4O3/c1-2-26-14-17(19(25-26)16-11-7-4-8-12-16)22(29)24-18(20(27)21(23)28)13-15-9-5-3-6-10-15/h3-12,14,18H,2,13H2,1H3,(H2,23,28)(H,24,29)/t18-/m0/s1. The third kappa shape index (κ3) is 4.76. The first-order chi connectivity index (χ1) is 14.0. The second-order valence-electron chi connectivity index (χ2n) is 6.56. The van der Waals surface area contributed by atoms with Gasteiger partial charge in [-0.05, 0) is 12.5 Å². The number of amides is 2. The van der Waals surface area contributed by atoms with Crippen molar-refractivity contribution in [1.82, 2.24) is 15.1 Å². The summed E-state index contributed by atoms with van der Waals surface area (Å²) in [4.78, 5) is 36.8. The summed E-state index contributed by atoms with van der Waals surface area (Å²) in [7, 11) is 0. The molecule has 3 aromatic rings. The van der Waals surface area contributed by atoms with Gasteiger partial charge in [-0.1, -0.05) is 60.7 Å². The topological polar surface area (TPSA) is 107 Å². The Morgan fingerprint density at radius 2 is 1.66 bits per heavy atom. The highest BCUT2D eigenvalue weighted by atomic mass is 16.2. The molecule has 7 nitrogen and oxygen atoms in total. The first-order valence-corrected chi connectivity index (χ1v) is 9.31. The van der Waals surface area contributed by atoms with Crippen LogP contribution in [0, 0.1) is 0 Å². The van der Waals surface area contributed by atoms with Crippen LogP contribution >= 0.6 is 0 Å². The summed E-state index contributed by atoms with van der Waals surface area (Å²) in [5, 5.41) is 7.14. The molecular weight excluding hydrogens is 368 g/mol. The lowest BCUT2D eigenvalue weighted by Crippen LogP contribution is -2.47. The van der Waals surface area contributed by atoms with Crippen molar-refractivity contribution < 1.29 is 14.4 Å². The van der Waals surface area contributed by atoms with Crippen LogP contribution in [0.2, 0.25) is 0 Å². The highest BCUT2D eigenvalue weighted by Crippen LogP contribution is 2.22. The number of ketones is 1. The molecule has 0 bridgehead atoms. The Balaban J connectivity index is 1.90. The van der Waals surface area contributed by atoms with Crippen molar-refractivity contribution in [3.05, 3.63) is 78.0 Å². The number of benzene rings is 2. The molecule has 3 rings (SSSR count). The SMILES string of the molecule is CCn1cc(C(=O)N[C@@H](Cc2ccccc2)C(=O)C(N)=O)c(-c2ccccc2)n1.